The van der Waals surface area contributed by atoms with Crippen molar-refractivity contribution in [3.05, 3.63) is 29.8 Å². The van der Waals surface area contributed by atoms with E-state index in [9.17, 15) is 4.79 Å². The van der Waals surface area contributed by atoms with Crippen molar-refractivity contribution in [2.75, 3.05) is 18.5 Å². The molecule has 0 saturated heterocycles. The van der Waals surface area contributed by atoms with E-state index in [0.717, 1.165) is 12.2 Å². The highest BCUT2D eigenvalue weighted by molar-refractivity contribution is 5.95. The smallest absolute Gasteiger partial charge is 0.340 e. The van der Waals surface area contributed by atoms with Crippen molar-refractivity contribution in [2.45, 2.75) is 13.8 Å². The zero-order valence-electron chi connectivity index (χ0n) is 8.54. The van der Waals surface area contributed by atoms with Crippen LogP contribution in [0.4, 0.5) is 5.69 Å². The summed E-state index contributed by atoms with van der Waals surface area (Å²) in [5.41, 5.74) is 1.42. The summed E-state index contributed by atoms with van der Waals surface area (Å²) in [6.07, 6.45) is 0. The fourth-order valence-corrected chi connectivity index (χ4v) is 1.21. The number of anilines is 1. The van der Waals surface area contributed by atoms with Crippen molar-refractivity contribution in [2.24, 2.45) is 0 Å². The summed E-state index contributed by atoms with van der Waals surface area (Å²) in [5.74, 6) is -0.274. The van der Waals surface area contributed by atoms with Crippen molar-refractivity contribution >= 4 is 11.7 Å². The van der Waals surface area contributed by atoms with Crippen LogP contribution in [-0.4, -0.2) is 19.1 Å². The highest BCUT2D eigenvalue weighted by Crippen LogP contribution is 2.15. The summed E-state index contributed by atoms with van der Waals surface area (Å²) in [7, 11) is 0. The zero-order valence-corrected chi connectivity index (χ0v) is 8.54. The molecule has 3 nitrogen and oxygen atoms in total. The van der Waals surface area contributed by atoms with Crippen molar-refractivity contribution < 1.29 is 9.53 Å². The Hall–Kier alpha value is -1.51. The van der Waals surface area contributed by atoms with Gasteiger partial charge in [-0.25, -0.2) is 4.79 Å². The molecule has 1 aromatic rings. The van der Waals surface area contributed by atoms with E-state index in [1.54, 1.807) is 13.0 Å². The van der Waals surface area contributed by atoms with Crippen LogP contribution >= 0.6 is 0 Å². The summed E-state index contributed by atoms with van der Waals surface area (Å²) >= 11 is 0. The molecule has 0 aliphatic carbocycles. The van der Waals surface area contributed by atoms with Gasteiger partial charge in [0.05, 0.1) is 12.2 Å². The fourth-order valence-electron chi connectivity index (χ4n) is 1.21. The Bertz CT molecular complexity index is 310. The Morgan fingerprint density at radius 1 is 1.36 bits per heavy atom. The molecule has 0 radical (unpaired) electrons. The average Bonchev–Trinajstić information content (AvgIpc) is 2.19. The average molecular weight is 193 g/mol. The Balaban J connectivity index is 2.88. The lowest BCUT2D eigenvalue weighted by Crippen LogP contribution is -2.09. The molecule has 0 unspecified atom stereocenters. The van der Waals surface area contributed by atoms with Gasteiger partial charge in [-0.3, -0.25) is 0 Å². The van der Waals surface area contributed by atoms with E-state index in [2.05, 4.69) is 5.32 Å². The Labute approximate surface area is 84.1 Å². The molecule has 1 aromatic carbocycles. The van der Waals surface area contributed by atoms with Gasteiger partial charge in [0.15, 0.2) is 0 Å². The van der Waals surface area contributed by atoms with E-state index >= 15 is 0 Å². The maximum Gasteiger partial charge on any atom is 0.340 e. The molecule has 0 heterocycles. The quantitative estimate of drug-likeness (QED) is 0.745. The van der Waals surface area contributed by atoms with Crippen LogP contribution < -0.4 is 5.32 Å². The van der Waals surface area contributed by atoms with Crippen LogP contribution in [-0.2, 0) is 4.74 Å². The second-order valence-corrected chi connectivity index (χ2v) is 2.80. The first kappa shape index (κ1) is 10.6. The minimum atomic E-state index is -0.274. The first-order valence-corrected chi connectivity index (χ1v) is 4.79. The Morgan fingerprint density at radius 3 is 2.71 bits per heavy atom. The van der Waals surface area contributed by atoms with E-state index in [4.69, 9.17) is 4.74 Å². The number of rotatable bonds is 4. The third-order valence-corrected chi connectivity index (χ3v) is 1.79. The number of para-hydroxylation sites is 1. The van der Waals surface area contributed by atoms with Gasteiger partial charge in [0.1, 0.15) is 0 Å². The molecule has 0 bridgehead atoms. The van der Waals surface area contributed by atoms with Crippen molar-refractivity contribution in [3.8, 4) is 0 Å². The van der Waals surface area contributed by atoms with Gasteiger partial charge in [0.25, 0.3) is 0 Å². The minimum absolute atomic E-state index is 0.274. The largest absolute Gasteiger partial charge is 0.462 e. The monoisotopic (exact) mass is 193 g/mol. The maximum absolute atomic E-state index is 11.5. The first-order valence-electron chi connectivity index (χ1n) is 4.79. The molecule has 0 aromatic heterocycles. The molecule has 1 N–H and O–H groups in total. The molecule has 0 aliphatic heterocycles. The molecule has 3 heteroatoms. The summed E-state index contributed by atoms with van der Waals surface area (Å²) in [5, 5.41) is 3.11. The highest BCUT2D eigenvalue weighted by atomic mass is 16.5. The lowest BCUT2D eigenvalue weighted by atomic mass is 10.2. The number of hydrogen-bond acceptors (Lipinski definition) is 3. The minimum Gasteiger partial charge on any atom is -0.462 e. The molecular formula is C11H15NO2. The zero-order chi connectivity index (χ0) is 10.4. The van der Waals surface area contributed by atoms with E-state index in [0.29, 0.717) is 12.2 Å². The predicted molar refractivity (Wildman–Crippen MR) is 56.6 cm³/mol. The fraction of sp³-hybridized carbons (Fsp3) is 0.364. The standard InChI is InChI=1S/C11H15NO2/c1-3-12-10-8-6-5-7-9(10)11(13)14-4-2/h5-8,12H,3-4H2,1-2H3. The van der Waals surface area contributed by atoms with Gasteiger partial charge < -0.3 is 10.1 Å². The Kier molecular flexibility index (Phi) is 3.98. The van der Waals surface area contributed by atoms with Crippen LogP contribution in [0.15, 0.2) is 24.3 Å². The van der Waals surface area contributed by atoms with Crippen LogP contribution in [0.2, 0.25) is 0 Å². The molecule has 14 heavy (non-hydrogen) atoms. The lowest BCUT2D eigenvalue weighted by Gasteiger charge is -2.08. The van der Waals surface area contributed by atoms with Gasteiger partial charge in [0.2, 0.25) is 0 Å². The van der Waals surface area contributed by atoms with Crippen molar-refractivity contribution in [1.82, 2.24) is 0 Å². The molecule has 1 rings (SSSR count). The SMILES string of the molecule is CCNc1ccccc1C(=O)OCC. The molecule has 0 amide bonds. The number of carbonyl (C=O) groups is 1. The molecular weight excluding hydrogens is 178 g/mol. The predicted octanol–water partition coefficient (Wildman–Crippen LogP) is 2.30. The summed E-state index contributed by atoms with van der Waals surface area (Å²) < 4.78 is 4.94. The van der Waals surface area contributed by atoms with Crippen LogP contribution in [0.1, 0.15) is 24.2 Å². The molecule has 0 aliphatic rings. The van der Waals surface area contributed by atoms with Crippen molar-refractivity contribution in [1.29, 1.82) is 0 Å². The lowest BCUT2D eigenvalue weighted by molar-refractivity contribution is 0.0527. The summed E-state index contributed by atoms with van der Waals surface area (Å²) in [4.78, 5) is 11.5. The maximum atomic E-state index is 11.5. The third-order valence-electron chi connectivity index (χ3n) is 1.79. The van der Waals surface area contributed by atoms with Crippen LogP contribution in [0.25, 0.3) is 0 Å². The number of benzene rings is 1. The number of hydrogen-bond donors (Lipinski definition) is 1. The highest BCUT2D eigenvalue weighted by Gasteiger charge is 2.10. The normalized spacial score (nSPS) is 9.57. The van der Waals surface area contributed by atoms with E-state index < -0.39 is 0 Å². The van der Waals surface area contributed by atoms with Gasteiger partial charge in [-0.15, -0.1) is 0 Å². The van der Waals surface area contributed by atoms with Gasteiger partial charge in [-0.1, -0.05) is 12.1 Å². The van der Waals surface area contributed by atoms with Crippen LogP contribution in [0, 0.1) is 0 Å². The summed E-state index contributed by atoms with van der Waals surface area (Å²) in [6.45, 7) is 4.98. The van der Waals surface area contributed by atoms with Gasteiger partial charge in [-0.2, -0.15) is 0 Å². The number of ether oxygens (including phenoxy) is 1. The summed E-state index contributed by atoms with van der Waals surface area (Å²) in [6, 6.07) is 7.35. The number of carbonyl (C=O) groups excluding carboxylic acids is 1. The van der Waals surface area contributed by atoms with E-state index in [1.807, 2.05) is 25.1 Å². The Morgan fingerprint density at radius 2 is 2.07 bits per heavy atom. The van der Waals surface area contributed by atoms with E-state index in [1.165, 1.54) is 0 Å². The van der Waals surface area contributed by atoms with Gasteiger partial charge in [-0.05, 0) is 26.0 Å². The molecule has 0 fully saturated rings. The van der Waals surface area contributed by atoms with Crippen LogP contribution in [0.5, 0.6) is 0 Å². The van der Waals surface area contributed by atoms with Gasteiger partial charge >= 0.3 is 5.97 Å². The van der Waals surface area contributed by atoms with E-state index in [-0.39, 0.29) is 5.97 Å². The second kappa shape index (κ2) is 5.27. The number of esters is 1. The number of nitrogens with one attached hydrogen (secondary N) is 1. The van der Waals surface area contributed by atoms with Crippen molar-refractivity contribution in [3.63, 3.8) is 0 Å². The molecule has 76 valence electrons. The third kappa shape index (κ3) is 2.49. The molecule has 0 atom stereocenters. The molecule has 0 spiro atoms. The topological polar surface area (TPSA) is 38.3 Å². The van der Waals surface area contributed by atoms with Crippen LogP contribution in [0.3, 0.4) is 0 Å². The van der Waals surface area contributed by atoms with Gasteiger partial charge in [0, 0.05) is 12.2 Å². The first-order chi connectivity index (χ1) is 6.79. The second-order valence-electron chi connectivity index (χ2n) is 2.80. The molecule has 0 saturated carbocycles.